The summed E-state index contributed by atoms with van der Waals surface area (Å²) in [7, 11) is 0. The molecule has 0 aromatic heterocycles. The third kappa shape index (κ3) is 2.36. The van der Waals surface area contributed by atoms with Crippen molar-refractivity contribution in [3.8, 4) is 0 Å². The van der Waals surface area contributed by atoms with Crippen LogP contribution in [0, 0.1) is 0 Å². The molecule has 3 nitrogen and oxygen atoms in total. The molecular formula is C12H16O3. The average molecular weight is 208 g/mol. The van der Waals surface area contributed by atoms with E-state index in [2.05, 4.69) is 0 Å². The van der Waals surface area contributed by atoms with E-state index >= 15 is 0 Å². The van der Waals surface area contributed by atoms with Gasteiger partial charge in [0.2, 0.25) is 0 Å². The predicted octanol–water partition coefficient (Wildman–Crippen LogP) is 1.50. The van der Waals surface area contributed by atoms with E-state index in [9.17, 15) is 9.90 Å². The number of hydrogen-bond donors (Lipinski definition) is 1. The molecule has 1 N–H and O–H groups in total. The summed E-state index contributed by atoms with van der Waals surface area (Å²) in [6.45, 7) is 3.50. The summed E-state index contributed by atoms with van der Waals surface area (Å²) in [5, 5.41) is 9.33. The van der Waals surface area contributed by atoms with Crippen LogP contribution in [-0.2, 0) is 14.9 Å². The average Bonchev–Trinajstić information content (AvgIpc) is 2.29. The molecule has 15 heavy (non-hydrogen) atoms. The maximum absolute atomic E-state index is 11.7. The van der Waals surface area contributed by atoms with E-state index in [1.54, 1.807) is 13.8 Å². The molecule has 1 rings (SSSR count). The summed E-state index contributed by atoms with van der Waals surface area (Å²) in [6, 6.07) is 9.16. The molecule has 0 aliphatic carbocycles. The highest BCUT2D eigenvalue weighted by Gasteiger charge is 2.35. The first-order valence-corrected chi connectivity index (χ1v) is 4.98. The number of esters is 1. The number of aliphatic hydroxyl groups excluding tert-OH is 1. The zero-order chi connectivity index (χ0) is 11.3. The van der Waals surface area contributed by atoms with Gasteiger partial charge in [-0.05, 0) is 19.4 Å². The molecule has 0 aliphatic rings. The number of rotatable bonds is 4. The maximum Gasteiger partial charge on any atom is 0.318 e. The summed E-state index contributed by atoms with van der Waals surface area (Å²) >= 11 is 0. The lowest BCUT2D eigenvalue weighted by atomic mass is 9.83. The first-order chi connectivity index (χ1) is 7.15. The van der Waals surface area contributed by atoms with Crippen LogP contribution in [0.15, 0.2) is 30.3 Å². The monoisotopic (exact) mass is 208 g/mol. The fourth-order valence-corrected chi connectivity index (χ4v) is 1.37. The van der Waals surface area contributed by atoms with E-state index in [1.807, 2.05) is 30.3 Å². The minimum atomic E-state index is -0.961. The third-order valence-electron chi connectivity index (χ3n) is 2.45. The second-order valence-electron chi connectivity index (χ2n) is 3.58. The van der Waals surface area contributed by atoms with E-state index in [0.29, 0.717) is 6.61 Å². The minimum absolute atomic E-state index is 0.254. The molecule has 0 heterocycles. The Bertz CT molecular complexity index is 321. The van der Waals surface area contributed by atoms with Gasteiger partial charge < -0.3 is 9.84 Å². The van der Waals surface area contributed by atoms with Gasteiger partial charge in [-0.15, -0.1) is 0 Å². The van der Waals surface area contributed by atoms with Crippen molar-refractivity contribution in [1.82, 2.24) is 0 Å². The zero-order valence-electron chi connectivity index (χ0n) is 9.06. The summed E-state index contributed by atoms with van der Waals surface area (Å²) < 4.78 is 4.95. The number of carbonyl (C=O) groups excluding carboxylic acids is 1. The molecule has 0 fully saturated rings. The van der Waals surface area contributed by atoms with Crippen LogP contribution in [0.4, 0.5) is 0 Å². The van der Waals surface area contributed by atoms with Crippen molar-refractivity contribution < 1.29 is 14.6 Å². The topological polar surface area (TPSA) is 46.5 Å². The molecule has 0 aliphatic heterocycles. The number of carbonyl (C=O) groups is 1. The fraction of sp³-hybridized carbons (Fsp3) is 0.417. The van der Waals surface area contributed by atoms with Gasteiger partial charge in [-0.2, -0.15) is 0 Å². The molecular weight excluding hydrogens is 192 g/mol. The maximum atomic E-state index is 11.7. The summed E-state index contributed by atoms with van der Waals surface area (Å²) in [5.41, 5.74) is -0.192. The Morgan fingerprint density at radius 2 is 2.00 bits per heavy atom. The molecule has 1 aromatic carbocycles. The standard InChI is InChI=1S/C12H16O3/c1-3-15-11(14)12(2,9-13)10-7-5-4-6-8-10/h4-8,13H,3,9H2,1-2H3. The zero-order valence-corrected chi connectivity index (χ0v) is 9.06. The Morgan fingerprint density at radius 1 is 1.40 bits per heavy atom. The lowest BCUT2D eigenvalue weighted by molar-refractivity contribution is -0.151. The third-order valence-corrected chi connectivity index (χ3v) is 2.45. The van der Waals surface area contributed by atoms with E-state index in [4.69, 9.17) is 4.74 Å². The van der Waals surface area contributed by atoms with Crippen LogP contribution in [0.25, 0.3) is 0 Å². The minimum Gasteiger partial charge on any atom is -0.465 e. The first-order valence-electron chi connectivity index (χ1n) is 4.98. The molecule has 3 heteroatoms. The second-order valence-corrected chi connectivity index (χ2v) is 3.58. The number of hydrogen-bond acceptors (Lipinski definition) is 3. The molecule has 0 saturated carbocycles. The van der Waals surface area contributed by atoms with Gasteiger partial charge in [0.05, 0.1) is 13.2 Å². The van der Waals surface area contributed by atoms with Gasteiger partial charge in [0.25, 0.3) is 0 Å². The van der Waals surface area contributed by atoms with Crippen LogP contribution in [0.3, 0.4) is 0 Å². The van der Waals surface area contributed by atoms with Crippen molar-refractivity contribution >= 4 is 5.97 Å². The molecule has 82 valence electrons. The highest BCUT2D eigenvalue weighted by atomic mass is 16.5. The van der Waals surface area contributed by atoms with Crippen molar-refractivity contribution in [2.45, 2.75) is 19.3 Å². The number of benzene rings is 1. The predicted molar refractivity (Wildman–Crippen MR) is 57.5 cm³/mol. The van der Waals surface area contributed by atoms with E-state index in [0.717, 1.165) is 5.56 Å². The van der Waals surface area contributed by atoms with Crippen molar-refractivity contribution in [1.29, 1.82) is 0 Å². The quantitative estimate of drug-likeness (QED) is 0.763. The Morgan fingerprint density at radius 3 is 2.47 bits per heavy atom. The summed E-state index contributed by atoms with van der Waals surface area (Å²) in [5.74, 6) is -0.390. The number of ether oxygens (including phenoxy) is 1. The van der Waals surface area contributed by atoms with Gasteiger partial charge in [-0.25, -0.2) is 0 Å². The Balaban J connectivity index is 3.00. The molecule has 1 aromatic rings. The summed E-state index contributed by atoms with van der Waals surface area (Å²) in [4.78, 5) is 11.7. The molecule has 0 bridgehead atoms. The molecule has 0 spiro atoms. The normalized spacial score (nSPS) is 14.3. The highest BCUT2D eigenvalue weighted by Crippen LogP contribution is 2.24. The van der Waals surface area contributed by atoms with E-state index < -0.39 is 11.4 Å². The Hall–Kier alpha value is -1.35. The van der Waals surface area contributed by atoms with E-state index in [-0.39, 0.29) is 6.61 Å². The molecule has 0 saturated heterocycles. The first kappa shape index (κ1) is 11.7. The van der Waals surface area contributed by atoms with Gasteiger partial charge in [0.15, 0.2) is 0 Å². The Kier molecular flexibility index (Phi) is 3.86. The second kappa shape index (κ2) is 4.94. The molecule has 0 radical (unpaired) electrons. The van der Waals surface area contributed by atoms with Gasteiger partial charge in [-0.3, -0.25) is 4.79 Å². The van der Waals surface area contributed by atoms with Gasteiger partial charge in [-0.1, -0.05) is 30.3 Å². The lowest BCUT2D eigenvalue weighted by Gasteiger charge is -2.25. The largest absolute Gasteiger partial charge is 0.465 e. The van der Waals surface area contributed by atoms with Crippen molar-refractivity contribution in [2.24, 2.45) is 0 Å². The Labute approximate surface area is 89.7 Å². The SMILES string of the molecule is CCOC(=O)C(C)(CO)c1ccccc1. The van der Waals surface area contributed by atoms with Crippen LogP contribution in [0.5, 0.6) is 0 Å². The lowest BCUT2D eigenvalue weighted by Crippen LogP contribution is -2.38. The van der Waals surface area contributed by atoms with Crippen LogP contribution in [-0.4, -0.2) is 24.3 Å². The van der Waals surface area contributed by atoms with Crippen molar-refractivity contribution in [2.75, 3.05) is 13.2 Å². The van der Waals surface area contributed by atoms with Crippen LogP contribution < -0.4 is 0 Å². The summed E-state index contributed by atoms with van der Waals surface area (Å²) in [6.07, 6.45) is 0. The number of aliphatic hydroxyl groups is 1. The molecule has 1 unspecified atom stereocenters. The van der Waals surface area contributed by atoms with E-state index in [1.165, 1.54) is 0 Å². The highest BCUT2D eigenvalue weighted by molar-refractivity contribution is 5.82. The van der Waals surface area contributed by atoms with Gasteiger partial charge >= 0.3 is 5.97 Å². The van der Waals surface area contributed by atoms with Crippen LogP contribution in [0.2, 0.25) is 0 Å². The van der Waals surface area contributed by atoms with Crippen LogP contribution >= 0.6 is 0 Å². The molecule has 0 amide bonds. The fourth-order valence-electron chi connectivity index (χ4n) is 1.37. The van der Waals surface area contributed by atoms with Crippen molar-refractivity contribution in [3.05, 3.63) is 35.9 Å². The molecule has 1 atom stereocenters. The van der Waals surface area contributed by atoms with Gasteiger partial charge in [0.1, 0.15) is 5.41 Å². The van der Waals surface area contributed by atoms with Gasteiger partial charge in [0, 0.05) is 0 Å². The van der Waals surface area contributed by atoms with Crippen molar-refractivity contribution in [3.63, 3.8) is 0 Å². The van der Waals surface area contributed by atoms with Crippen LogP contribution in [0.1, 0.15) is 19.4 Å². The smallest absolute Gasteiger partial charge is 0.318 e.